The summed E-state index contributed by atoms with van der Waals surface area (Å²) in [4.78, 5) is 11.9. The second-order valence-electron chi connectivity index (χ2n) is 4.44. The maximum absolute atomic E-state index is 11.9. The van der Waals surface area contributed by atoms with Gasteiger partial charge in [0.05, 0.1) is 12.1 Å². The van der Waals surface area contributed by atoms with E-state index >= 15 is 0 Å². The molecule has 1 fully saturated rings. The summed E-state index contributed by atoms with van der Waals surface area (Å²) < 4.78 is 0. The Labute approximate surface area is 106 Å². The second kappa shape index (κ2) is 5.52. The van der Waals surface area contributed by atoms with Gasteiger partial charge in [0.2, 0.25) is 0 Å². The van der Waals surface area contributed by atoms with Crippen molar-refractivity contribution in [2.45, 2.75) is 37.8 Å². The van der Waals surface area contributed by atoms with Crippen LogP contribution in [0.15, 0.2) is 24.3 Å². The van der Waals surface area contributed by atoms with Gasteiger partial charge in [0, 0.05) is 10.6 Å². The van der Waals surface area contributed by atoms with Crippen LogP contribution in [0.1, 0.15) is 36.0 Å². The van der Waals surface area contributed by atoms with Crippen molar-refractivity contribution < 1.29 is 9.90 Å². The monoisotopic (exact) mass is 253 g/mol. The molecule has 0 unspecified atom stereocenters. The van der Waals surface area contributed by atoms with Gasteiger partial charge >= 0.3 is 0 Å². The molecule has 92 valence electrons. The summed E-state index contributed by atoms with van der Waals surface area (Å²) in [5, 5.41) is 13.3. The van der Waals surface area contributed by atoms with E-state index in [0.717, 1.165) is 25.7 Å². The highest BCUT2D eigenvalue weighted by atomic mass is 35.5. The Kier molecular flexibility index (Phi) is 4.02. The molecule has 0 saturated heterocycles. The first-order valence-corrected chi connectivity index (χ1v) is 6.29. The molecule has 2 atom stereocenters. The van der Waals surface area contributed by atoms with E-state index in [1.165, 1.54) is 0 Å². The zero-order valence-electron chi connectivity index (χ0n) is 9.53. The van der Waals surface area contributed by atoms with E-state index in [0.29, 0.717) is 10.6 Å². The molecule has 4 heteroatoms. The number of amides is 1. The van der Waals surface area contributed by atoms with Crippen molar-refractivity contribution in [3.05, 3.63) is 34.9 Å². The molecule has 3 nitrogen and oxygen atoms in total. The minimum atomic E-state index is -0.417. The first-order chi connectivity index (χ1) is 8.16. The molecule has 1 aromatic carbocycles. The fourth-order valence-corrected chi connectivity index (χ4v) is 2.26. The normalized spacial score (nSPS) is 24.4. The van der Waals surface area contributed by atoms with Crippen LogP contribution in [0, 0.1) is 0 Å². The average molecular weight is 254 g/mol. The largest absolute Gasteiger partial charge is 0.391 e. The predicted molar refractivity (Wildman–Crippen MR) is 67.2 cm³/mol. The number of aliphatic hydroxyl groups excluding tert-OH is 1. The zero-order valence-corrected chi connectivity index (χ0v) is 10.3. The van der Waals surface area contributed by atoms with Gasteiger partial charge in [-0.25, -0.2) is 0 Å². The molecule has 0 radical (unpaired) electrons. The first kappa shape index (κ1) is 12.4. The Morgan fingerprint density at radius 2 is 1.88 bits per heavy atom. The zero-order chi connectivity index (χ0) is 12.3. The number of benzene rings is 1. The molecule has 0 bridgehead atoms. The summed E-state index contributed by atoms with van der Waals surface area (Å²) in [6.07, 6.45) is 3.29. The van der Waals surface area contributed by atoms with Crippen LogP contribution in [0.2, 0.25) is 5.02 Å². The smallest absolute Gasteiger partial charge is 0.251 e. The summed E-state index contributed by atoms with van der Waals surface area (Å²) >= 11 is 5.76. The molecular weight excluding hydrogens is 238 g/mol. The van der Waals surface area contributed by atoms with Crippen molar-refractivity contribution in [2.24, 2.45) is 0 Å². The van der Waals surface area contributed by atoms with Crippen molar-refractivity contribution >= 4 is 17.5 Å². The van der Waals surface area contributed by atoms with E-state index in [4.69, 9.17) is 11.6 Å². The molecule has 2 N–H and O–H groups in total. The van der Waals surface area contributed by atoms with Crippen molar-refractivity contribution in [1.29, 1.82) is 0 Å². The van der Waals surface area contributed by atoms with E-state index in [9.17, 15) is 9.90 Å². The molecule has 1 aliphatic carbocycles. The van der Waals surface area contributed by atoms with Crippen molar-refractivity contribution in [1.82, 2.24) is 5.32 Å². The van der Waals surface area contributed by atoms with Crippen molar-refractivity contribution in [2.75, 3.05) is 0 Å². The molecule has 0 aromatic heterocycles. The van der Waals surface area contributed by atoms with Crippen molar-refractivity contribution in [3.8, 4) is 0 Å². The number of carbonyl (C=O) groups excluding carboxylic acids is 1. The quantitative estimate of drug-likeness (QED) is 0.850. The van der Waals surface area contributed by atoms with Crippen LogP contribution in [0.5, 0.6) is 0 Å². The van der Waals surface area contributed by atoms with Gasteiger partial charge in [0.15, 0.2) is 0 Å². The number of rotatable bonds is 2. The number of halogens is 1. The SMILES string of the molecule is O=C(N[C@@H]1CCCC[C@H]1O)c1ccc(Cl)cc1. The number of aliphatic hydroxyl groups is 1. The molecule has 0 aliphatic heterocycles. The lowest BCUT2D eigenvalue weighted by Crippen LogP contribution is -2.45. The van der Waals surface area contributed by atoms with E-state index in [1.54, 1.807) is 24.3 Å². The topological polar surface area (TPSA) is 49.3 Å². The Hall–Kier alpha value is -1.06. The van der Waals surface area contributed by atoms with E-state index < -0.39 is 6.10 Å². The highest BCUT2D eigenvalue weighted by Gasteiger charge is 2.24. The van der Waals surface area contributed by atoms with Crippen LogP contribution in [-0.2, 0) is 0 Å². The molecule has 1 amide bonds. The molecule has 2 rings (SSSR count). The Morgan fingerprint density at radius 3 is 2.53 bits per heavy atom. The molecular formula is C13H16ClNO2. The maximum Gasteiger partial charge on any atom is 0.251 e. The fraction of sp³-hybridized carbons (Fsp3) is 0.462. The van der Waals surface area contributed by atoms with Crippen molar-refractivity contribution in [3.63, 3.8) is 0 Å². The summed E-state index contributed by atoms with van der Waals surface area (Å²) in [5.74, 6) is -0.146. The van der Waals surface area contributed by atoms with Crippen LogP contribution in [0.25, 0.3) is 0 Å². The summed E-state index contributed by atoms with van der Waals surface area (Å²) in [7, 11) is 0. The average Bonchev–Trinajstić information content (AvgIpc) is 2.33. The van der Waals surface area contributed by atoms with Gasteiger partial charge < -0.3 is 10.4 Å². The third-order valence-corrected chi connectivity index (χ3v) is 3.40. The van der Waals surface area contributed by atoms with Crippen LogP contribution in [0.4, 0.5) is 0 Å². The lowest BCUT2D eigenvalue weighted by Gasteiger charge is -2.28. The van der Waals surface area contributed by atoms with E-state index in [1.807, 2.05) is 0 Å². The second-order valence-corrected chi connectivity index (χ2v) is 4.88. The molecule has 1 aromatic rings. The third-order valence-electron chi connectivity index (χ3n) is 3.15. The Balaban J connectivity index is 1.98. The first-order valence-electron chi connectivity index (χ1n) is 5.91. The van der Waals surface area contributed by atoms with Gasteiger partial charge in [-0.3, -0.25) is 4.79 Å². The van der Waals surface area contributed by atoms with Gasteiger partial charge in [-0.1, -0.05) is 24.4 Å². The lowest BCUT2D eigenvalue weighted by molar-refractivity contribution is 0.0717. The van der Waals surface area contributed by atoms with Gasteiger partial charge in [-0.2, -0.15) is 0 Å². The third kappa shape index (κ3) is 3.20. The van der Waals surface area contributed by atoms with Crippen LogP contribution < -0.4 is 5.32 Å². The van der Waals surface area contributed by atoms with Crippen LogP contribution in [0.3, 0.4) is 0 Å². The van der Waals surface area contributed by atoms with E-state index in [-0.39, 0.29) is 11.9 Å². The van der Waals surface area contributed by atoms with Crippen LogP contribution in [-0.4, -0.2) is 23.2 Å². The van der Waals surface area contributed by atoms with E-state index in [2.05, 4.69) is 5.32 Å². The summed E-state index contributed by atoms with van der Waals surface area (Å²) in [6, 6.07) is 6.63. The lowest BCUT2D eigenvalue weighted by atomic mass is 9.92. The summed E-state index contributed by atoms with van der Waals surface area (Å²) in [6.45, 7) is 0. The van der Waals surface area contributed by atoms with Gasteiger partial charge in [-0.05, 0) is 37.1 Å². The molecule has 17 heavy (non-hydrogen) atoms. The number of nitrogens with one attached hydrogen (secondary N) is 1. The highest BCUT2D eigenvalue weighted by molar-refractivity contribution is 6.30. The predicted octanol–water partition coefficient (Wildman–Crippen LogP) is 2.37. The maximum atomic E-state index is 11.9. The Bertz CT molecular complexity index is 391. The summed E-state index contributed by atoms with van der Waals surface area (Å²) in [5.41, 5.74) is 0.576. The number of hydrogen-bond acceptors (Lipinski definition) is 2. The minimum Gasteiger partial charge on any atom is -0.391 e. The number of carbonyl (C=O) groups is 1. The number of hydrogen-bond donors (Lipinski definition) is 2. The highest BCUT2D eigenvalue weighted by Crippen LogP contribution is 2.19. The van der Waals surface area contributed by atoms with Crippen LogP contribution >= 0.6 is 11.6 Å². The molecule has 1 aliphatic rings. The fourth-order valence-electron chi connectivity index (χ4n) is 2.13. The standard InChI is InChI=1S/C13H16ClNO2/c14-10-7-5-9(6-8-10)13(17)15-11-3-1-2-4-12(11)16/h5-8,11-12,16H,1-4H2,(H,15,17)/t11-,12-/m1/s1. The minimum absolute atomic E-state index is 0.119. The molecule has 1 saturated carbocycles. The molecule has 0 spiro atoms. The Morgan fingerprint density at radius 1 is 1.24 bits per heavy atom. The molecule has 0 heterocycles. The van der Waals surface area contributed by atoms with Gasteiger partial charge in [0.25, 0.3) is 5.91 Å². The van der Waals surface area contributed by atoms with Gasteiger partial charge in [-0.15, -0.1) is 0 Å². The van der Waals surface area contributed by atoms with Gasteiger partial charge in [0.1, 0.15) is 0 Å².